The summed E-state index contributed by atoms with van der Waals surface area (Å²) in [4.78, 5) is 23.3. The summed E-state index contributed by atoms with van der Waals surface area (Å²) in [6, 6.07) is 12.1. The van der Waals surface area contributed by atoms with E-state index < -0.39 is 5.97 Å². The van der Waals surface area contributed by atoms with Crippen LogP contribution in [0.1, 0.15) is 40.1 Å². The van der Waals surface area contributed by atoms with Gasteiger partial charge in [-0.1, -0.05) is 50.2 Å². The van der Waals surface area contributed by atoms with Crippen LogP contribution in [0.4, 0.5) is 0 Å². The van der Waals surface area contributed by atoms with Crippen LogP contribution in [0.15, 0.2) is 42.5 Å². The number of carboxylic acids is 1. The zero-order valence-electron chi connectivity index (χ0n) is 10.8. The van der Waals surface area contributed by atoms with E-state index in [0.717, 1.165) is 5.56 Å². The second-order valence-corrected chi connectivity index (χ2v) is 3.91. The van der Waals surface area contributed by atoms with E-state index in [4.69, 9.17) is 5.11 Å². The van der Waals surface area contributed by atoms with Crippen molar-refractivity contribution in [2.24, 2.45) is 0 Å². The third kappa shape index (κ3) is 1.93. The Balaban J connectivity index is 0.000000637. The molecule has 1 aliphatic carbocycles. The van der Waals surface area contributed by atoms with Crippen LogP contribution in [0.2, 0.25) is 0 Å². The molecule has 0 saturated heterocycles. The summed E-state index contributed by atoms with van der Waals surface area (Å²) >= 11 is 0. The molecule has 0 spiro atoms. The maximum absolute atomic E-state index is 12.1. The molecule has 2 aromatic carbocycles. The number of aromatic carboxylic acids is 1. The monoisotopic (exact) mass is 254 g/mol. The van der Waals surface area contributed by atoms with E-state index in [2.05, 4.69) is 0 Å². The second kappa shape index (κ2) is 5.06. The molecule has 0 aliphatic heterocycles. The fourth-order valence-corrected chi connectivity index (χ4v) is 2.25. The largest absolute Gasteiger partial charge is 0.478 e. The molecule has 0 heterocycles. The first kappa shape index (κ1) is 13.0. The number of carbonyl (C=O) groups excluding carboxylic acids is 1. The zero-order chi connectivity index (χ0) is 14.0. The third-order valence-corrected chi connectivity index (χ3v) is 2.98. The van der Waals surface area contributed by atoms with Gasteiger partial charge in [-0.15, -0.1) is 0 Å². The number of benzene rings is 2. The minimum Gasteiger partial charge on any atom is -0.478 e. The number of hydrogen-bond donors (Lipinski definition) is 1. The quantitative estimate of drug-likeness (QED) is 0.721. The van der Waals surface area contributed by atoms with Gasteiger partial charge in [-0.25, -0.2) is 4.79 Å². The molecule has 2 aromatic rings. The van der Waals surface area contributed by atoms with Crippen LogP contribution in [0.3, 0.4) is 0 Å². The number of carboxylic acid groups (broad SMARTS) is 1. The number of rotatable bonds is 1. The predicted molar refractivity (Wildman–Crippen MR) is 73.6 cm³/mol. The Hall–Kier alpha value is -2.42. The van der Waals surface area contributed by atoms with Crippen molar-refractivity contribution in [1.29, 1.82) is 0 Å². The minimum absolute atomic E-state index is 0.0729. The van der Waals surface area contributed by atoms with Crippen molar-refractivity contribution < 1.29 is 14.7 Å². The van der Waals surface area contributed by atoms with E-state index in [1.165, 1.54) is 6.07 Å². The summed E-state index contributed by atoms with van der Waals surface area (Å²) in [5.74, 6) is -1.27. The Kier molecular flexibility index (Phi) is 3.47. The molecule has 0 amide bonds. The van der Waals surface area contributed by atoms with Gasteiger partial charge in [-0.2, -0.15) is 0 Å². The molecule has 0 aromatic heterocycles. The van der Waals surface area contributed by atoms with Gasteiger partial charge in [-0.05, 0) is 17.2 Å². The van der Waals surface area contributed by atoms with Gasteiger partial charge in [-0.3, -0.25) is 4.79 Å². The number of ketones is 1. The molecule has 3 nitrogen and oxygen atoms in total. The van der Waals surface area contributed by atoms with Crippen molar-refractivity contribution in [3.63, 3.8) is 0 Å². The van der Waals surface area contributed by atoms with Crippen molar-refractivity contribution in [1.82, 2.24) is 0 Å². The summed E-state index contributed by atoms with van der Waals surface area (Å²) in [5, 5.41) is 9.09. The van der Waals surface area contributed by atoms with Gasteiger partial charge in [0.2, 0.25) is 0 Å². The molecular formula is C16H14O3. The highest BCUT2D eigenvalue weighted by molar-refractivity contribution is 6.25. The fraction of sp³-hybridized carbons (Fsp3) is 0.125. The van der Waals surface area contributed by atoms with Gasteiger partial charge in [0, 0.05) is 11.1 Å². The molecule has 1 N–H and O–H groups in total. The number of carbonyl (C=O) groups is 2. The van der Waals surface area contributed by atoms with Gasteiger partial charge in [0.1, 0.15) is 0 Å². The van der Waals surface area contributed by atoms with Crippen LogP contribution in [0.5, 0.6) is 0 Å². The summed E-state index contributed by atoms with van der Waals surface area (Å²) in [7, 11) is 0. The maximum Gasteiger partial charge on any atom is 0.336 e. The number of fused-ring (bicyclic) bond motifs is 3. The molecule has 0 atom stereocenters. The fourth-order valence-electron chi connectivity index (χ4n) is 2.25. The van der Waals surface area contributed by atoms with Crippen LogP contribution < -0.4 is 0 Å². The Labute approximate surface area is 111 Å². The molecular weight excluding hydrogens is 240 g/mol. The highest BCUT2D eigenvalue weighted by atomic mass is 16.4. The Morgan fingerprint density at radius 3 is 2.11 bits per heavy atom. The highest BCUT2D eigenvalue weighted by Gasteiger charge is 2.30. The summed E-state index contributed by atoms with van der Waals surface area (Å²) in [6.07, 6.45) is 0. The number of hydrogen-bond acceptors (Lipinski definition) is 2. The van der Waals surface area contributed by atoms with E-state index >= 15 is 0 Å². The van der Waals surface area contributed by atoms with Crippen LogP contribution in [0.25, 0.3) is 11.1 Å². The molecule has 1 aliphatic rings. The molecule has 3 heteroatoms. The van der Waals surface area contributed by atoms with Gasteiger partial charge in [0.25, 0.3) is 0 Å². The molecule has 3 rings (SSSR count). The topological polar surface area (TPSA) is 54.4 Å². The van der Waals surface area contributed by atoms with Gasteiger partial charge in [0.15, 0.2) is 5.78 Å². The van der Waals surface area contributed by atoms with Crippen LogP contribution >= 0.6 is 0 Å². The molecule has 0 saturated carbocycles. The van der Waals surface area contributed by atoms with E-state index in [0.29, 0.717) is 16.7 Å². The highest BCUT2D eigenvalue weighted by Crippen LogP contribution is 2.37. The van der Waals surface area contributed by atoms with Crippen LogP contribution in [-0.2, 0) is 0 Å². The Morgan fingerprint density at radius 2 is 1.47 bits per heavy atom. The lowest BCUT2D eigenvalue weighted by Crippen LogP contribution is -2.06. The lowest BCUT2D eigenvalue weighted by Gasteiger charge is -2.02. The molecule has 0 unspecified atom stereocenters. The van der Waals surface area contributed by atoms with Gasteiger partial charge in [0.05, 0.1) is 5.56 Å². The summed E-state index contributed by atoms with van der Waals surface area (Å²) < 4.78 is 0. The first-order valence-corrected chi connectivity index (χ1v) is 6.20. The summed E-state index contributed by atoms with van der Waals surface area (Å²) in [5.41, 5.74) is 2.49. The first-order chi connectivity index (χ1) is 9.20. The Bertz CT molecular complexity index is 657. The lowest BCUT2D eigenvalue weighted by molar-refractivity contribution is 0.0693. The second-order valence-electron chi connectivity index (χ2n) is 3.91. The first-order valence-electron chi connectivity index (χ1n) is 6.20. The van der Waals surface area contributed by atoms with E-state index in [1.54, 1.807) is 24.3 Å². The van der Waals surface area contributed by atoms with Crippen LogP contribution in [0, 0.1) is 0 Å². The van der Waals surface area contributed by atoms with E-state index in [1.807, 2.05) is 26.0 Å². The summed E-state index contributed by atoms with van der Waals surface area (Å²) in [6.45, 7) is 4.00. The SMILES string of the molecule is CC.O=C(O)c1cccc2c1C(=O)c1ccccc1-2. The average molecular weight is 254 g/mol. The molecule has 0 bridgehead atoms. The average Bonchev–Trinajstić information content (AvgIpc) is 2.75. The maximum atomic E-state index is 12.1. The molecule has 96 valence electrons. The van der Waals surface area contributed by atoms with Crippen molar-refractivity contribution in [2.45, 2.75) is 13.8 Å². The van der Waals surface area contributed by atoms with Crippen LogP contribution in [-0.4, -0.2) is 16.9 Å². The molecule has 0 radical (unpaired) electrons. The minimum atomic E-state index is -1.07. The van der Waals surface area contributed by atoms with E-state index in [9.17, 15) is 9.59 Å². The van der Waals surface area contributed by atoms with Crippen molar-refractivity contribution in [3.05, 3.63) is 59.2 Å². The molecule has 19 heavy (non-hydrogen) atoms. The van der Waals surface area contributed by atoms with Crippen molar-refractivity contribution >= 4 is 11.8 Å². The molecule has 0 fully saturated rings. The standard InChI is InChI=1S/C14H8O3.C2H6/c15-13-10-5-2-1-4-8(10)9-6-3-7-11(12(9)13)14(16)17;1-2/h1-7H,(H,16,17);1-2H3. The van der Waals surface area contributed by atoms with E-state index in [-0.39, 0.29) is 11.3 Å². The predicted octanol–water partition coefficient (Wildman–Crippen LogP) is 3.62. The zero-order valence-corrected chi connectivity index (χ0v) is 10.8. The smallest absolute Gasteiger partial charge is 0.336 e. The Morgan fingerprint density at radius 1 is 0.895 bits per heavy atom. The van der Waals surface area contributed by atoms with Gasteiger partial charge >= 0.3 is 5.97 Å². The third-order valence-electron chi connectivity index (χ3n) is 2.98. The van der Waals surface area contributed by atoms with Crippen molar-refractivity contribution in [2.75, 3.05) is 0 Å². The van der Waals surface area contributed by atoms with Gasteiger partial charge < -0.3 is 5.11 Å². The normalized spacial score (nSPS) is 11.2. The lowest BCUT2D eigenvalue weighted by atomic mass is 10.0. The van der Waals surface area contributed by atoms with Crippen molar-refractivity contribution in [3.8, 4) is 11.1 Å².